The quantitative estimate of drug-likeness (QED) is 0.760. The first-order valence-corrected chi connectivity index (χ1v) is 7.84. The molecule has 0 unspecified atom stereocenters. The van der Waals surface area contributed by atoms with Crippen molar-refractivity contribution < 1.29 is 14.7 Å². The van der Waals surface area contributed by atoms with Crippen LogP contribution in [0.1, 0.15) is 51.4 Å². The number of hydrogen-bond acceptors (Lipinski definition) is 2. The van der Waals surface area contributed by atoms with E-state index in [1.165, 1.54) is 32.1 Å². The van der Waals surface area contributed by atoms with Crippen LogP contribution in [0.2, 0.25) is 0 Å². The Balaban J connectivity index is 1.75. The number of carbonyl (C=O) groups excluding carboxylic acids is 1. The van der Waals surface area contributed by atoms with Crippen LogP contribution in [-0.2, 0) is 9.59 Å². The van der Waals surface area contributed by atoms with E-state index in [4.69, 9.17) is 0 Å². The summed E-state index contributed by atoms with van der Waals surface area (Å²) in [4.78, 5) is 23.3. The number of carbonyl (C=O) groups is 2. The van der Waals surface area contributed by atoms with Gasteiger partial charge in [-0.15, -0.1) is 0 Å². The fourth-order valence-corrected chi connectivity index (χ4v) is 3.38. The predicted molar refractivity (Wildman–Crippen MR) is 77.2 cm³/mol. The molecule has 0 aromatic rings. The maximum atomic E-state index is 12.1. The molecule has 0 aliphatic heterocycles. The van der Waals surface area contributed by atoms with E-state index in [2.05, 4.69) is 5.32 Å². The highest BCUT2D eigenvalue weighted by Gasteiger charge is 2.33. The Labute approximate surface area is 120 Å². The summed E-state index contributed by atoms with van der Waals surface area (Å²) in [6, 6.07) is 0. The van der Waals surface area contributed by atoms with Crippen LogP contribution >= 0.6 is 0 Å². The minimum Gasteiger partial charge on any atom is -0.481 e. The van der Waals surface area contributed by atoms with E-state index >= 15 is 0 Å². The zero-order valence-electron chi connectivity index (χ0n) is 12.0. The van der Waals surface area contributed by atoms with E-state index in [1.54, 1.807) is 0 Å². The number of hydrogen-bond donors (Lipinski definition) is 2. The van der Waals surface area contributed by atoms with Gasteiger partial charge in [-0.25, -0.2) is 0 Å². The number of allylic oxidation sites excluding steroid dienone is 2. The first-order chi connectivity index (χ1) is 9.68. The molecule has 0 bridgehead atoms. The summed E-state index contributed by atoms with van der Waals surface area (Å²) in [6.07, 6.45) is 12.4. The van der Waals surface area contributed by atoms with Crippen LogP contribution < -0.4 is 5.32 Å². The number of rotatable bonds is 5. The Kier molecular flexibility index (Phi) is 5.62. The average molecular weight is 279 g/mol. The van der Waals surface area contributed by atoms with Gasteiger partial charge in [0, 0.05) is 6.54 Å². The normalized spacial score (nSPS) is 27.2. The zero-order chi connectivity index (χ0) is 14.4. The Bertz CT molecular complexity index is 372. The highest BCUT2D eigenvalue weighted by Crippen LogP contribution is 2.27. The Morgan fingerprint density at radius 3 is 2.35 bits per heavy atom. The molecule has 0 aromatic heterocycles. The van der Waals surface area contributed by atoms with Gasteiger partial charge in [-0.1, -0.05) is 44.3 Å². The molecular weight excluding hydrogens is 254 g/mol. The summed E-state index contributed by atoms with van der Waals surface area (Å²) in [7, 11) is 0. The fourth-order valence-electron chi connectivity index (χ4n) is 3.38. The van der Waals surface area contributed by atoms with Crippen LogP contribution in [0.25, 0.3) is 0 Å². The molecule has 0 saturated heterocycles. The van der Waals surface area contributed by atoms with E-state index in [1.807, 2.05) is 12.2 Å². The molecule has 0 radical (unpaired) electrons. The summed E-state index contributed by atoms with van der Waals surface area (Å²) >= 11 is 0. The molecule has 1 fully saturated rings. The van der Waals surface area contributed by atoms with E-state index in [-0.39, 0.29) is 5.91 Å². The summed E-state index contributed by atoms with van der Waals surface area (Å²) in [5, 5.41) is 12.1. The van der Waals surface area contributed by atoms with Gasteiger partial charge in [0.05, 0.1) is 11.8 Å². The monoisotopic (exact) mass is 279 g/mol. The van der Waals surface area contributed by atoms with E-state index < -0.39 is 17.8 Å². The molecule has 20 heavy (non-hydrogen) atoms. The SMILES string of the molecule is O=C(O)[C@H]1CC=CC[C@H]1C(=O)NCCC1CCCCC1. The van der Waals surface area contributed by atoms with E-state index in [0.29, 0.717) is 19.4 Å². The topological polar surface area (TPSA) is 66.4 Å². The summed E-state index contributed by atoms with van der Waals surface area (Å²) < 4.78 is 0. The third-order valence-electron chi connectivity index (χ3n) is 4.66. The number of amides is 1. The maximum absolute atomic E-state index is 12.1. The molecule has 0 heterocycles. The fraction of sp³-hybridized carbons (Fsp3) is 0.750. The first-order valence-electron chi connectivity index (χ1n) is 7.84. The van der Waals surface area contributed by atoms with Crippen molar-refractivity contribution >= 4 is 11.9 Å². The highest BCUT2D eigenvalue weighted by atomic mass is 16.4. The largest absolute Gasteiger partial charge is 0.481 e. The van der Waals surface area contributed by atoms with Crippen LogP contribution in [0.3, 0.4) is 0 Å². The third-order valence-corrected chi connectivity index (χ3v) is 4.66. The zero-order valence-corrected chi connectivity index (χ0v) is 12.0. The van der Waals surface area contributed by atoms with Gasteiger partial charge in [0.1, 0.15) is 0 Å². The maximum Gasteiger partial charge on any atom is 0.307 e. The van der Waals surface area contributed by atoms with E-state index in [0.717, 1.165) is 12.3 Å². The number of nitrogens with one attached hydrogen (secondary N) is 1. The van der Waals surface area contributed by atoms with Crippen molar-refractivity contribution in [1.29, 1.82) is 0 Å². The standard InChI is InChI=1S/C16H25NO3/c18-15(13-8-4-5-9-14(13)16(19)20)17-11-10-12-6-2-1-3-7-12/h4-5,12-14H,1-3,6-11H2,(H,17,18)(H,19,20)/t13-,14+/m1/s1. The van der Waals surface area contributed by atoms with Gasteiger partial charge in [-0.05, 0) is 25.2 Å². The van der Waals surface area contributed by atoms with Crippen molar-refractivity contribution in [3.8, 4) is 0 Å². The van der Waals surface area contributed by atoms with Crippen molar-refractivity contribution in [3.63, 3.8) is 0 Å². The molecule has 2 rings (SSSR count). The average Bonchev–Trinajstić information content (AvgIpc) is 2.48. The minimum absolute atomic E-state index is 0.0856. The number of carboxylic acid groups (broad SMARTS) is 1. The molecule has 1 amide bonds. The molecule has 2 atom stereocenters. The van der Waals surface area contributed by atoms with Gasteiger partial charge in [0.25, 0.3) is 0 Å². The molecule has 2 N–H and O–H groups in total. The van der Waals surface area contributed by atoms with Gasteiger partial charge in [-0.3, -0.25) is 9.59 Å². The second-order valence-corrected chi connectivity index (χ2v) is 6.08. The molecular formula is C16H25NO3. The number of aliphatic carboxylic acids is 1. The van der Waals surface area contributed by atoms with Crippen molar-refractivity contribution in [1.82, 2.24) is 5.32 Å². The number of carboxylic acids is 1. The highest BCUT2D eigenvalue weighted by molar-refractivity contribution is 5.85. The molecule has 2 aliphatic carbocycles. The summed E-state index contributed by atoms with van der Waals surface area (Å²) in [5.41, 5.74) is 0. The smallest absolute Gasteiger partial charge is 0.307 e. The van der Waals surface area contributed by atoms with Crippen molar-refractivity contribution in [2.45, 2.75) is 51.4 Å². The first kappa shape index (κ1) is 15.1. The Morgan fingerprint density at radius 1 is 1.05 bits per heavy atom. The van der Waals surface area contributed by atoms with Gasteiger partial charge in [-0.2, -0.15) is 0 Å². The van der Waals surface area contributed by atoms with E-state index in [9.17, 15) is 14.7 Å². The van der Waals surface area contributed by atoms with Gasteiger partial charge < -0.3 is 10.4 Å². The molecule has 0 spiro atoms. The molecule has 4 heteroatoms. The lowest BCUT2D eigenvalue weighted by molar-refractivity contribution is -0.147. The lowest BCUT2D eigenvalue weighted by Gasteiger charge is -2.25. The summed E-state index contributed by atoms with van der Waals surface area (Å²) in [5.74, 6) is -1.16. The van der Waals surface area contributed by atoms with Crippen molar-refractivity contribution in [2.24, 2.45) is 17.8 Å². The predicted octanol–water partition coefficient (Wildman–Crippen LogP) is 2.74. The Hall–Kier alpha value is -1.32. The van der Waals surface area contributed by atoms with Crippen LogP contribution in [0.4, 0.5) is 0 Å². The minimum atomic E-state index is -0.859. The second-order valence-electron chi connectivity index (χ2n) is 6.08. The molecule has 0 aromatic carbocycles. The van der Waals surface area contributed by atoms with Crippen molar-refractivity contribution in [2.75, 3.05) is 6.54 Å². The van der Waals surface area contributed by atoms with Crippen LogP contribution in [-0.4, -0.2) is 23.5 Å². The third kappa shape index (κ3) is 4.09. The molecule has 4 nitrogen and oxygen atoms in total. The molecule has 112 valence electrons. The van der Waals surface area contributed by atoms with Crippen LogP contribution in [0.5, 0.6) is 0 Å². The van der Waals surface area contributed by atoms with Gasteiger partial charge in [0.15, 0.2) is 0 Å². The van der Waals surface area contributed by atoms with Gasteiger partial charge in [0.2, 0.25) is 5.91 Å². The summed E-state index contributed by atoms with van der Waals surface area (Å²) in [6.45, 7) is 0.691. The van der Waals surface area contributed by atoms with Crippen LogP contribution in [0.15, 0.2) is 12.2 Å². The Morgan fingerprint density at radius 2 is 1.70 bits per heavy atom. The lowest BCUT2D eigenvalue weighted by atomic mass is 9.82. The van der Waals surface area contributed by atoms with Crippen LogP contribution in [0, 0.1) is 17.8 Å². The van der Waals surface area contributed by atoms with Crippen molar-refractivity contribution in [3.05, 3.63) is 12.2 Å². The molecule has 2 aliphatic rings. The lowest BCUT2D eigenvalue weighted by Crippen LogP contribution is -2.39. The van der Waals surface area contributed by atoms with Gasteiger partial charge >= 0.3 is 5.97 Å². The second kappa shape index (κ2) is 7.46. The molecule has 1 saturated carbocycles.